The van der Waals surface area contributed by atoms with E-state index in [2.05, 4.69) is 16.0 Å². The molecule has 7 heteroatoms. The van der Waals surface area contributed by atoms with Gasteiger partial charge in [-0.2, -0.15) is 5.26 Å². The van der Waals surface area contributed by atoms with Crippen LogP contribution in [0.2, 0.25) is 0 Å². The maximum absolute atomic E-state index is 12.8. The second kappa shape index (κ2) is 9.31. The van der Waals surface area contributed by atoms with Crippen LogP contribution in [0.25, 0.3) is 22.2 Å². The van der Waals surface area contributed by atoms with E-state index in [9.17, 15) is 14.9 Å². The molecule has 1 aliphatic carbocycles. The van der Waals surface area contributed by atoms with Crippen LogP contribution in [0.1, 0.15) is 28.9 Å². The Balaban J connectivity index is 1.57. The van der Waals surface area contributed by atoms with Crippen molar-refractivity contribution in [3.05, 3.63) is 88.3 Å². The lowest BCUT2D eigenvalue weighted by Crippen LogP contribution is -2.25. The maximum Gasteiger partial charge on any atom is 0.253 e. The standard InChI is InChI=1S/C29H27N5O2/c1-32(2)29(36)22-6-4-5-21(15-22)20-9-12-24(13-10-20)34(18-19-7-8-19)26-16-27(35)33(3)25-14-11-23(17-30)31-28(25)26/h4-6,9-16,19H,7-8,18H2,1-3H3. The molecular formula is C29H27N5O2. The summed E-state index contributed by atoms with van der Waals surface area (Å²) in [6.07, 6.45) is 2.31. The number of carbonyl (C=O) groups excluding carboxylic acids is 1. The molecule has 2 aromatic heterocycles. The molecule has 1 amide bonds. The highest BCUT2D eigenvalue weighted by atomic mass is 16.2. The van der Waals surface area contributed by atoms with Gasteiger partial charge in [-0.15, -0.1) is 0 Å². The van der Waals surface area contributed by atoms with E-state index in [0.717, 1.165) is 36.2 Å². The summed E-state index contributed by atoms with van der Waals surface area (Å²) in [6, 6.07) is 22.9. The van der Waals surface area contributed by atoms with E-state index >= 15 is 0 Å². The summed E-state index contributed by atoms with van der Waals surface area (Å²) in [7, 11) is 5.21. The minimum Gasteiger partial charge on any atom is -0.345 e. The molecule has 7 nitrogen and oxygen atoms in total. The van der Waals surface area contributed by atoms with Crippen molar-refractivity contribution in [3.8, 4) is 17.2 Å². The van der Waals surface area contributed by atoms with Crippen molar-refractivity contribution >= 4 is 28.3 Å². The first-order valence-electron chi connectivity index (χ1n) is 12.0. The highest BCUT2D eigenvalue weighted by Crippen LogP contribution is 2.37. The highest BCUT2D eigenvalue weighted by molar-refractivity contribution is 5.95. The van der Waals surface area contributed by atoms with Gasteiger partial charge in [-0.05, 0) is 66.3 Å². The first-order valence-corrected chi connectivity index (χ1v) is 12.0. The number of nitriles is 1. The van der Waals surface area contributed by atoms with E-state index in [0.29, 0.717) is 33.9 Å². The smallest absolute Gasteiger partial charge is 0.253 e. The molecule has 0 atom stereocenters. The Labute approximate surface area is 209 Å². The van der Waals surface area contributed by atoms with Crippen molar-refractivity contribution in [2.45, 2.75) is 12.8 Å². The van der Waals surface area contributed by atoms with E-state index in [-0.39, 0.29) is 11.5 Å². The van der Waals surface area contributed by atoms with Gasteiger partial charge in [0.05, 0.1) is 11.2 Å². The molecule has 1 saturated carbocycles. The number of amides is 1. The SMILES string of the molecule is CN(C)C(=O)c1cccc(-c2ccc(N(CC3CC3)c3cc(=O)n(C)c4ccc(C#N)nc34)cc2)c1. The average Bonchev–Trinajstić information content (AvgIpc) is 3.73. The van der Waals surface area contributed by atoms with Crippen molar-refractivity contribution in [1.82, 2.24) is 14.5 Å². The molecule has 0 aliphatic heterocycles. The van der Waals surface area contributed by atoms with Gasteiger partial charge in [0.25, 0.3) is 11.5 Å². The van der Waals surface area contributed by atoms with Gasteiger partial charge < -0.3 is 14.4 Å². The Hall–Kier alpha value is -4.44. The van der Waals surface area contributed by atoms with E-state index in [1.807, 2.05) is 48.5 Å². The zero-order valence-electron chi connectivity index (χ0n) is 20.6. The molecule has 2 heterocycles. The van der Waals surface area contributed by atoms with Crippen LogP contribution >= 0.6 is 0 Å². The van der Waals surface area contributed by atoms with Gasteiger partial charge in [-0.3, -0.25) is 9.59 Å². The third-order valence-electron chi connectivity index (χ3n) is 6.64. The average molecular weight is 478 g/mol. The quantitative estimate of drug-likeness (QED) is 0.401. The largest absolute Gasteiger partial charge is 0.345 e. The van der Waals surface area contributed by atoms with Crippen molar-refractivity contribution < 1.29 is 4.79 Å². The normalized spacial score (nSPS) is 12.8. The van der Waals surface area contributed by atoms with Crippen LogP contribution in [0.5, 0.6) is 0 Å². The van der Waals surface area contributed by atoms with Crippen LogP contribution in [0.15, 0.2) is 71.5 Å². The van der Waals surface area contributed by atoms with Gasteiger partial charge >= 0.3 is 0 Å². The molecule has 0 saturated heterocycles. The third kappa shape index (κ3) is 4.46. The fourth-order valence-electron chi connectivity index (χ4n) is 4.41. The second-order valence-corrected chi connectivity index (χ2v) is 9.48. The Bertz CT molecular complexity index is 1560. The Morgan fingerprint density at radius 1 is 1.06 bits per heavy atom. The van der Waals surface area contributed by atoms with Gasteiger partial charge in [0.15, 0.2) is 0 Å². The van der Waals surface area contributed by atoms with E-state index < -0.39 is 0 Å². The van der Waals surface area contributed by atoms with Crippen molar-refractivity contribution in [3.63, 3.8) is 0 Å². The predicted octanol–water partition coefficient (Wildman–Crippen LogP) is 4.72. The maximum atomic E-state index is 12.8. The molecule has 1 aliphatic rings. The zero-order chi connectivity index (χ0) is 25.4. The van der Waals surface area contributed by atoms with E-state index in [1.54, 1.807) is 48.8 Å². The van der Waals surface area contributed by atoms with Crippen LogP contribution in [-0.2, 0) is 7.05 Å². The number of nitrogens with zero attached hydrogens (tertiary/aromatic N) is 5. The minimum absolute atomic E-state index is 0.0362. The molecule has 0 spiro atoms. The molecule has 36 heavy (non-hydrogen) atoms. The topological polar surface area (TPSA) is 82.2 Å². The second-order valence-electron chi connectivity index (χ2n) is 9.48. The van der Waals surface area contributed by atoms with E-state index in [1.165, 1.54) is 0 Å². The first kappa shape index (κ1) is 23.3. The third-order valence-corrected chi connectivity index (χ3v) is 6.64. The van der Waals surface area contributed by atoms with Crippen molar-refractivity contribution in [1.29, 1.82) is 5.26 Å². The number of fused-ring (bicyclic) bond motifs is 1. The number of rotatable bonds is 6. The van der Waals surface area contributed by atoms with Crippen LogP contribution in [-0.4, -0.2) is 41.0 Å². The molecule has 4 aromatic rings. The number of benzene rings is 2. The molecule has 0 unspecified atom stereocenters. The molecule has 1 fully saturated rings. The van der Waals surface area contributed by atoms with Gasteiger partial charge in [0.1, 0.15) is 17.3 Å². The first-order chi connectivity index (χ1) is 17.4. The number of hydrogen-bond acceptors (Lipinski definition) is 5. The fraction of sp³-hybridized carbons (Fsp3) is 0.241. The summed E-state index contributed by atoms with van der Waals surface area (Å²) >= 11 is 0. The Morgan fingerprint density at radius 2 is 1.81 bits per heavy atom. The van der Waals surface area contributed by atoms with Crippen molar-refractivity contribution in [2.75, 3.05) is 25.5 Å². The molecule has 0 bridgehead atoms. The number of aromatic nitrogens is 2. The fourth-order valence-corrected chi connectivity index (χ4v) is 4.41. The van der Waals surface area contributed by atoms with Crippen LogP contribution in [0.4, 0.5) is 11.4 Å². The van der Waals surface area contributed by atoms with Crippen molar-refractivity contribution in [2.24, 2.45) is 13.0 Å². The summed E-state index contributed by atoms with van der Waals surface area (Å²) in [6.45, 7) is 0.771. The monoisotopic (exact) mass is 477 g/mol. The Kier molecular flexibility index (Phi) is 6.03. The molecule has 0 radical (unpaired) electrons. The van der Waals surface area contributed by atoms with Crippen LogP contribution < -0.4 is 10.5 Å². The molecule has 0 N–H and O–H groups in total. The zero-order valence-corrected chi connectivity index (χ0v) is 20.6. The summed E-state index contributed by atoms with van der Waals surface area (Å²) in [4.78, 5) is 33.5. The lowest BCUT2D eigenvalue weighted by atomic mass is 10.0. The number of anilines is 2. The van der Waals surface area contributed by atoms with Gasteiger partial charge in [0, 0.05) is 45.0 Å². The molecular weight excluding hydrogens is 450 g/mol. The van der Waals surface area contributed by atoms with Gasteiger partial charge in [-0.25, -0.2) is 4.98 Å². The molecule has 180 valence electrons. The summed E-state index contributed by atoms with van der Waals surface area (Å²) < 4.78 is 1.56. The molecule has 2 aromatic carbocycles. The lowest BCUT2D eigenvalue weighted by molar-refractivity contribution is 0.0827. The Morgan fingerprint density at radius 3 is 2.47 bits per heavy atom. The number of pyridine rings is 2. The molecule has 5 rings (SSSR count). The van der Waals surface area contributed by atoms with E-state index in [4.69, 9.17) is 0 Å². The number of carbonyl (C=O) groups is 1. The summed E-state index contributed by atoms with van der Waals surface area (Å²) in [5.41, 5.74) is 5.78. The van der Waals surface area contributed by atoms with Gasteiger partial charge in [0.2, 0.25) is 0 Å². The van der Waals surface area contributed by atoms with Gasteiger partial charge in [-0.1, -0.05) is 24.3 Å². The highest BCUT2D eigenvalue weighted by Gasteiger charge is 2.27. The van der Waals surface area contributed by atoms with Crippen LogP contribution in [0.3, 0.4) is 0 Å². The summed E-state index contributed by atoms with van der Waals surface area (Å²) in [5, 5.41) is 9.43. The predicted molar refractivity (Wildman–Crippen MR) is 141 cm³/mol. The summed E-state index contributed by atoms with van der Waals surface area (Å²) in [5.74, 6) is 0.516. The number of aryl methyl sites for hydroxylation is 1. The lowest BCUT2D eigenvalue weighted by Gasteiger charge is -2.26. The minimum atomic E-state index is -0.121. The number of hydrogen-bond donors (Lipinski definition) is 0. The van der Waals surface area contributed by atoms with Crippen LogP contribution in [0, 0.1) is 17.2 Å².